The van der Waals surface area contributed by atoms with Crippen molar-refractivity contribution in [3.05, 3.63) is 104 Å². The van der Waals surface area contributed by atoms with Gasteiger partial charge >= 0.3 is 0 Å². The molecule has 0 bridgehead atoms. The first-order valence-corrected chi connectivity index (χ1v) is 11.9. The summed E-state index contributed by atoms with van der Waals surface area (Å²) in [6.45, 7) is 3.47. The number of aromatic hydroxyl groups is 6. The van der Waals surface area contributed by atoms with Crippen LogP contribution in [0, 0.1) is 13.8 Å². The third-order valence-electron chi connectivity index (χ3n) is 7.43. The Morgan fingerprint density at radius 2 is 0.737 bits per heavy atom. The minimum atomic E-state index is -0.894. The van der Waals surface area contributed by atoms with Crippen molar-refractivity contribution in [2.24, 2.45) is 0 Å². The average Bonchev–Trinajstić information content (AvgIpc) is 2.78. The summed E-state index contributed by atoms with van der Waals surface area (Å²) in [5.74, 6) is -5.26. The van der Waals surface area contributed by atoms with Crippen LogP contribution < -0.4 is 0 Å². The van der Waals surface area contributed by atoms with Crippen LogP contribution in [0.25, 0.3) is 0 Å². The predicted molar refractivity (Wildman–Crippen MR) is 136 cm³/mol. The fraction of sp³-hybridized carbons (Fsp3) is 0.133. The molecule has 0 spiro atoms. The molecule has 0 saturated carbocycles. The highest BCUT2D eigenvalue weighted by molar-refractivity contribution is 6.18. The molecule has 8 heteroatoms. The molecule has 6 N–H and O–H groups in total. The fourth-order valence-corrected chi connectivity index (χ4v) is 6.13. The molecule has 2 aliphatic carbocycles. The zero-order valence-corrected chi connectivity index (χ0v) is 20.3. The molecule has 4 aromatic carbocycles. The first-order chi connectivity index (χ1) is 18.0. The van der Waals surface area contributed by atoms with E-state index in [1.54, 1.807) is 26.0 Å². The Kier molecular flexibility index (Phi) is 4.78. The Morgan fingerprint density at radius 1 is 0.447 bits per heavy atom. The second kappa shape index (κ2) is 7.76. The topological polar surface area (TPSA) is 156 Å². The lowest BCUT2D eigenvalue weighted by Gasteiger charge is -2.38. The van der Waals surface area contributed by atoms with E-state index in [2.05, 4.69) is 0 Å². The third kappa shape index (κ3) is 3.10. The van der Waals surface area contributed by atoms with E-state index in [0.29, 0.717) is 22.3 Å². The lowest BCUT2D eigenvalue weighted by molar-refractivity contribution is 0.101. The van der Waals surface area contributed by atoms with E-state index in [1.165, 1.54) is 24.3 Å². The third-order valence-corrected chi connectivity index (χ3v) is 7.43. The highest BCUT2D eigenvalue weighted by Gasteiger charge is 2.46. The molecular weight excluding hydrogens is 488 g/mol. The van der Waals surface area contributed by atoms with Crippen LogP contribution in [-0.2, 0) is 0 Å². The van der Waals surface area contributed by atoms with E-state index >= 15 is 0 Å². The van der Waals surface area contributed by atoms with Gasteiger partial charge in [0.1, 0.15) is 34.5 Å². The minimum Gasteiger partial charge on any atom is -0.508 e. The Bertz CT molecular complexity index is 1500. The van der Waals surface area contributed by atoms with Crippen LogP contribution in [-0.4, -0.2) is 42.2 Å². The van der Waals surface area contributed by atoms with Crippen molar-refractivity contribution in [1.82, 2.24) is 0 Å². The van der Waals surface area contributed by atoms with E-state index in [4.69, 9.17) is 0 Å². The van der Waals surface area contributed by atoms with Crippen molar-refractivity contribution in [3.8, 4) is 34.5 Å². The SMILES string of the molecule is Cc1cc(O)c2c(c1)[C@@H]([C@H]1c3cc(C)cc(O)c3C(=O)c3c(O)cc(O)cc31)c1cc(O)cc(O)c1C2=O. The van der Waals surface area contributed by atoms with E-state index in [1.807, 2.05) is 0 Å². The van der Waals surface area contributed by atoms with Gasteiger partial charge in [-0.25, -0.2) is 0 Å². The van der Waals surface area contributed by atoms with E-state index in [-0.39, 0.29) is 56.4 Å². The van der Waals surface area contributed by atoms with Crippen LogP contribution in [0.4, 0.5) is 0 Å². The average molecular weight is 510 g/mol. The molecule has 0 aliphatic heterocycles. The minimum absolute atomic E-state index is 0.0460. The smallest absolute Gasteiger partial charge is 0.201 e. The predicted octanol–water partition coefficient (Wildman–Crippen LogP) is 4.59. The van der Waals surface area contributed by atoms with Crippen molar-refractivity contribution >= 4 is 11.6 Å². The molecule has 0 heterocycles. The zero-order chi connectivity index (χ0) is 27.2. The van der Waals surface area contributed by atoms with E-state index in [9.17, 15) is 40.2 Å². The van der Waals surface area contributed by atoms with Crippen molar-refractivity contribution < 1.29 is 40.2 Å². The molecule has 38 heavy (non-hydrogen) atoms. The quantitative estimate of drug-likeness (QED) is 0.217. The molecule has 190 valence electrons. The summed E-state index contributed by atoms with van der Waals surface area (Å²) in [7, 11) is 0. The van der Waals surface area contributed by atoms with Crippen LogP contribution in [0.2, 0.25) is 0 Å². The molecule has 2 atom stereocenters. The summed E-state index contributed by atoms with van der Waals surface area (Å²) >= 11 is 0. The lowest BCUT2D eigenvalue weighted by Crippen LogP contribution is -2.29. The van der Waals surface area contributed by atoms with Gasteiger partial charge in [-0.3, -0.25) is 9.59 Å². The number of ketones is 2. The van der Waals surface area contributed by atoms with Crippen LogP contribution >= 0.6 is 0 Å². The summed E-state index contributed by atoms with van der Waals surface area (Å²) < 4.78 is 0. The highest BCUT2D eigenvalue weighted by Crippen LogP contribution is 2.56. The van der Waals surface area contributed by atoms with Gasteiger partial charge in [0.05, 0.1) is 22.3 Å². The van der Waals surface area contributed by atoms with E-state index in [0.717, 1.165) is 12.1 Å². The van der Waals surface area contributed by atoms with Crippen molar-refractivity contribution in [2.75, 3.05) is 0 Å². The van der Waals surface area contributed by atoms with Gasteiger partial charge in [0.25, 0.3) is 0 Å². The number of hydrogen-bond donors (Lipinski definition) is 6. The van der Waals surface area contributed by atoms with Crippen LogP contribution in [0.15, 0.2) is 48.5 Å². The normalized spacial score (nSPS) is 17.4. The van der Waals surface area contributed by atoms with Gasteiger partial charge in [-0.1, -0.05) is 12.1 Å². The maximum absolute atomic E-state index is 13.6. The van der Waals surface area contributed by atoms with Crippen molar-refractivity contribution in [3.63, 3.8) is 0 Å². The van der Waals surface area contributed by atoms with Gasteiger partial charge in [-0.2, -0.15) is 0 Å². The molecule has 0 fully saturated rings. The second-order valence-corrected chi connectivity index (χ2v) is 9.97. The van der Waals surface area contributed by atoms with Crippen LogP contribution in [0.5, 0.6) is 34.5 Å². The van der Waals surface area contributed by atoms with Gasteiger partial charge in [0, 0.05) is 24.0 Å². The molecule has 0 unspecified atom stereocenters. The Hall–Kier alpha value is -4.98. The zero-order valence-electron chi connectivity index (χ0n) is 20.3. The highest BCUT2D eigenvalue weighted by atomic mass is 16.3. The van der Waals surface area contributed by atoms with Crippen molar-refractivity contribution in [2.45, 2.75) is 25.7 Å². The number of benzene rings is 4. The molecule has 0 aromatic heterocycles. The maximum Gasteiger partial charge on any atom is 0.201 e. The van der Waals surface area contributed by atoms with Gasteiger partial charge in [-0.15, -0.1) is 0 Å². The summed E-state index contributed by atoms with van der Waals surface area (Å²) in [5.41, 5.74) is 2.10. The largest absolute Gasteiger partial charge is 0.508 e. The molecular formula is C30H22O8. The number of carbonyl (C=O) groups is 2. The van der Waals surface area contributed by atoms with Crippen LogP contribution in [0.3, 0.4) is 0 Å². The number of rotatable bonds is 1. The molecule has 6 rings (SSSR count). The van der Waals surface area contributed by atoms with Crippen LogP contribution in [0.1, 0.15) is 77.1 Å². The fourth-order valence-electron chi connectivity index (χ4n) is 6.13. The molecule has 8 nitrogen and oxygen atoms in total. The molecule has 4 aromatic rings. The number of carbonyl (C=O) groups excluding carboxylic acids is 2. The summed E-state index contributed by atoms with van der Waals surface area (Å²) in [4.78, 5) is 27.2. The molecule has 2 aliphatic rings. The van der Waals surface area contributed by atoms with Crippen molar-refractivity contribution in [1.29, 1.82) is 0 Å². The monoisotopic (exact) mass is 510 g/mol. The van der Waals surface area contributed by atoms with Gasteiger partial charge in [0.2, 0.25) is 11.6 Å². The second-order valence-electron chi connectivity index (χ2n) is 9.97. The maximum atomic E-state index is 13.6. The first-order valence-electron chi connectivity index (χ1n) is 11.9. The lowest BCUT2D eigenvalue weighted by atomic mass is 9.63. The summed E-state index contributed by atoms with van der Waals surface area (Å²) in [6, 6.07) is 11.0. The number of phenols is 6. The standard InChI is InChI=1S/C30H22O8/c1-11-3-15-23(17-7-13(31)9-21(35)27(17)29(37)25(15)19(33)5-11)24-16-4-12(2)6-20(34)26(16)30(38)28-18(24)8-14(32)10-22(28)36/h3-10,23-24,31-36H,1-2H3/t23-,24+. The Balaban J connectivity index is 1.80. The summed E-state index contributed by atoms with van der Waals surface area (Å²) in [5, 5.41) is 64.2. The number of hydrogen-bond acceptors (Lipinski definition) is 8. The first kappa shape index (κ1) is 23.4. The Labute approximate surface area is 216 Å². The molecule has 0 amide bonds. The number of aryl methyl sites for hydroxylation is 2. The molecule has 0 saturated heterocycles. The van der Waals surface area contributed by atoms with Gasteiger partial charge < -0.3 is 30.6 Å². The number of fused-ring (bicyclic) bond motifs is 4. The van der Waals surface area contributed by atoms with Gasteiger partial charge in [0.15, 0.2) is 0 Å². The van der Waals surface area contributed by atoms with Gasteiger partial charge in [-0.05, 0) is 71.5 Å². The summed E-state index contributed by atoms with van der Waals surface area (Å²) in [6.07, 6.45) is 0. The number of phenolic OH excluding ortho intramolecular Hbond substituents is 6. The Morgan fingerprint density at radius 3 is 1.08 bits per heavy atom. The molecule has 0 radical (unpaired) electrons. The van der Waals surface area contributed by atoms with E-state index < -0.39 is 34.9 Å².